The third-order valence-corrected chi connectivity index (χ3v) is 40.4. The fourth-order valence-electron chi connectivity index (χ4n) is 8.74. The minimum absolute atomic E-state index is 0.100. The van der Waals surface area contributed by atoms with Gasteiger partial charge in [-0.3, -0.25) is 0 Å². The van der Waals surface area contributed by atoms with Crippen LogP contribution in [0.15, 0.2) is 91.0 Å². The summed E-state index contributed by atoms with van der Waals surface area (Å²) in [6.45, 7) is 14.2. The van der Waals surface area contributed by atoms with E-state index in [9.17, 15) is 0 Å². The predicted molar refractivity (Wildman–Crippen MR) is 173 cm³/mol. The molecular formula is C39H48Hf. The Kier molecular flexibility index (Phi) is 6.81. The van der Waals surface area contributed by atoms with Gasteiger partial charge in [0.15, 0.2) is 0 Å². The van der Waals surface area contributed by atoms with Crippen molar-refractivity contribution in [2.75, 3.05) is 0 Å². The van der Waals surface area contributed by atoms with Gasteiger partial charge in [0.2, 0.25) is 0 Å². The number of rotatable bonds is 4. The summed E-state index contributed by atoms with van der Waals surface area (Å²) < 4.78 is 8.96. The molecule has 208 valence electrons. The van der Waals surface area contributed by atoms with Crippen LogP contribution < -0.4 is 3.32 Å². The first-order chi connectivity index (χ1) is 18.9. The summed E-state index contributed by atoms with van der Waals surface area (Å²) in [7, 11) is 0. The molecule has 0 unspecified atom stereocenters. The van der Waals surface area contributed by atoms with Gasteiger partial charge in [-0.15, -0.1) is 0 Å². The maximum absolute atomic E-state index is 5.86. The van der Waals surface area contributed by atoms with Gasteiger partial charge >= 0.3 is 246 Å². The first-order valence-electron chi connectivity index (χ1n) is 15.7. The van der Waals surface area contributed by atoms with E-state index in [2.05, 4.69) is 133 Å². The molecule has 3 aliphatic rings. The molecular weight excluding hydrogens is 647 g/mol. The summed E-state index contributed by atoms with van der Waals surface area (Å²) in [5.41, 5.74) is 9.14. The molecule has 3 aromatic carbocycles. The molecule has 40 heavy (non-hydrogen) atoms. The standard InChI is InChI=1S/C21H25.C6H11.C6H5.C5H5.CH2.Hf/c1-20(2,3)16-7-9-18-14(12-16)11-15-13-17(21(4,5)6)8-10-19(15)18;2*1-2-4-6-5-3-1;1-2-4-5-3-1;;/h7-13H,1-6H3;1H,2-6H2;1-5H;1-5H;1H2;. The van der Waals surface area contributed by atoms with Crippen LogP contribution in [-0.4, -0.2) is 4.26 Å². The Morgan fingerprint density at radius 1 is 0.650 bits per heavy atom. The van der Waals surface area contributed by atoms with E-state index in [-0.39, 0.29) is 10.8 Å². The van der Waals surface area contributed by atoms with Crippen molar-refractivity contribution in [3.63, 3.8) is 0 Å². The summed E-state index contributed by atoms with van der Waals surface area (Å²) in [6.07, 6.45) is 16.5. The average Bonchev–Trinajstić information content (AvgIpc) is 3.60. The topological polar surface area (TPSA) is 0 Å². The zero-order valence-corrected chi connectivity index (χ0v) is 29.2. The Hall–Kier alpha value is -2.12. The second-order valence-electron chi connectivity index (χ2n) is 15.3. The molecule has 0 radical (unpaired) electrons. The van der Waals surface area contributed by atoms with Crippen molar-refractivity contribution < 1.29 is 18.0 Å². The number of benzene rings is 3. The van der Waals surface area contributed by atoms with Gasteiger partial charge in [-0.2, -0.15) is 0 Å². The Balaban J connectivity index is 1.77. The van der Waals surface area contributed by atoms with E-state index >= 15 is 0 Å². The van der Waals surface area contributed by atoms with Gasteiger partial charge in [-0.05, 0) is 0 Å². The molecule has 0 spiro atoms. The van der Waals surface area contributed by atoms with Crippen LogP contribution in [0, 0.1) is 0 Å². The zero-order chi connectivity index (χ0) is 28.4. The van der Waals surface area contributed by atoms with E-state index in [0.29, 0.717) is 11.0 Å². The molecule has 0 saturated heterocycles. The van der Waals surface area contributed by atoms with Crippen LogP contribution in [0.4, 0.5) is 0 Å². The summed E-state index contributed by atoms with van der Waals surface area (Å²) in [6, 6.07) is 26.7. The molecule has 1 heteroatoms. The van der Waals surface area contributed by atoms with Gasteiger partial charge in [0, 0.05) is 0 Å². The van der Waals surface area contributed by atoms with Crippen LogP contribution in [0.5, 0.6) is 0 Å². The number of fused-ring (bicyclic) bond motifs is 3. The maximum atomic E-state index is 5.86. The Bertz CT molecular complexity index is 1470. The van der Waals surface area contributed by atoms with Gasteiger partial charge in [0.05, 0.1) is 0 Å². The predicted octanol–water partition coefficient (Wildman–Crippen LogP) is 10.5. The van der Waals surface area contributed by atoms with E-state index in [0.717, 1.165) is 0 Å². The number of allylic oxidation sites excluding steroid dienone is 4. The molecule has 0 N–H and O–H groups in total. The van der Waals surface area contributed by atoms with Crippen LogP contribution in [-0.2, 0) is 28.8 Å². The Morgan fingerprint density at radius 2 is 1.15 bits per heavy atom. The minimum atomic E-state index is -4.54. The van der Waals surface area contributed by atoms with Gasteiger partial charge in [-0.25, -0.2) is 0 Å². The first kappa shape index (κ1) is 28.0. The molecule has 1 saturated carbocycles. The molecule has 0 amide bonds. The van der Waals surface area contributed by atoms with Crippen molar-refractivity contribution in [1.29, 1.82) is 0 Å². The van der Waals surface area contributed by atoms with Crippen molar-refractivity contribution in [3.05, 3.63) is 113 Å². The molecule has 0 aliphatic heterocycles. The van der Waals surface area contributed by atoms with E-state index in [4.69, 9.17) is 4.26 Å². The van der Waals surface area contributed by atoms with E-state index in [1.54, 1.807) is 14.4 Å². The van der Waals surface area contributed by atoms with Crippen LogP contribution in [0.3, 0.4) is 0 Å². The fraction of sp³-hybridized carbons (Fsp3) is 0.410. The van der Waals surface area contributed by atoms with Crippen molar-refractivity contribution in [3.8, 4) is 11.1 Å². The van der Waals surface area contributed by atoms with E-state index < -0.39 is 18.0 Å². The third-order valence-electron chi connectivity index (χ3n) is 11.0. The first-order valence-corrected chi connectivity index (χ1v) is 26.2. The summed E-state index contributed by atoms with van der Waals surface area (Å²) in [5.74, 6) is 0. The molecule has 0 heterocycles. The SMILES string of the molecule is [CH2]=[Hf]([c]1ccccc1)([CH]1C=CC=C1)([CH]1CCCCC1)[CH]1c2cc(C(C)(C)C)ccc2-c2ccc(C(C)(C)C)cc21. The molecule has 0 atom stereocenters. The zero-order valence-electron chi connectivity index (χ0n) is 25.6. The van der Waals surface area contributed by atoms with Crippen LogP contribution in [0.25, 0.3) is 11.1 Å². The van der Waals surface area contributed by atoms with Gasteiger partial charge < -0.3 is 0 Å². The molecule has 1 fully saturated rings. The average molecular weight is 695 g/mol. The van der Waals surface area contributed by atoms with Crippen LogP contribution in [0.2, 0.25) is 7.35 Å². The molecule has 0 nitrogen and oxygen atoms in total. The van der Waals surface area contributed by atoms with Crippen molar-refractivity contribution in [2.45, 2.75) is 95.5 Å². The summed E-state index contributed by atoms with van der Waals surface area (Å²) in [5, 5.41) is 0. The summed E-state index contributed by atoms with van der Waals surface area (Å²) in [4.78, 5) is 0. The molecule has 3 aromatic rings. The second-order valence-corrected chi connectivity index (χ2v) is 37.1. The molecule has 3 aliphatic carbocycles. The van der Waals surface area contributed by atoms with Crippen molar-refractivity contribution in [1.82, 2.24) is 0 Å². The number of hydrogen-bond acceptors (Lipinski definition) is 0. The Labute approximate surface area is 244 Å². The summed E-state index contributed by atoms with van der Waals surface area (Å²) >= 11 is -4.54. The van der Waals surface area contributed by atoms with Crippen molar-refractivity contribution >= 4 is 7.58 Å². The fourth-order valence-corrected chi connectivity index (χ4v) is 39.1. The second kappa shape index (κ2) is 9.72. The normalized spacial score (nSPS) is 18.8. The van der Waals surface area contributed by atoms with Crippen LogP contribution >= 0.6 is 0 Å². The van der Waals surface area contributed by atoms with Gasteiger partial charge in [0.1, 0.15) is 0 Å². The van der Waals surface area contributed by atoms with E-state index in [1.807, 2.05) is 0 Å². The Morgan fingerprint density at radius 3 is 1.62 bits per heavy atom. The van der Waals surface area contributed by atoms with Gasteiger partial charge in [-0.1, -0.05) is 0 Å². The molecule has 0 aromatic heterocycles. The monoisotopic (exact) mass is 696 g/mol. The van der Waals surface area contributed by atoms with E-state index in [1.165, 1.54) is 54.4 Å². The molecule has 6 rings (SSSR count). The number of hydrogen-bond donors (Lipinski definition) is 0. The third kappa shape index (κ3) is 4.12. The van der Waals surface area contributed by atoms with Crippen LogP contribution in [0.1, 0.15) is 99.6 Å². The van der Waals surface area contributed by atoms with Gasteiger partial charge in [0.25, 0.3) is 0 Å². The van der Waals surface area contributed by atoms with Crippen molar-refractivity contribution in [2.24, 2.45) is 0 Å². The quantitative estimate of drug-likeness (QED) is 0.239. The molecule has 0 bridgehead atoms.